The molecule has 1 aliphatic carbocycles. The SMILES string of the molecule is COC(=O)C(NCC(C)(C)CCCO)C1CC1. The fraction of sp³-hybridized carbons (Fsp3) is 0.923. The fourth-order valence-electron chi connectivity index (χ4n) is 2.03. The molecule has 0 bridgehead atoms. The number of aliphatic hydroxyl groups is 1. The number of nitrogens with one attached hydrogen (secondary N) is 1. The molecular formula is C13H25NO3. The maximum absolute atomic E-state index is 11.6. The molecular weight excluding hydrogens is 218 g/mol. The minimum atomic E-state index is -0.148. The predicted molar refractivity (Wildman–Crippen MR) is 66.6 cm³/mol. The van der Waals surface area contributed by atoms with Crippen LogP contribution in [0.1, 0.15) is 39.5 Å². The second-order valence-electron chi connectivity index (χ2n) is 5.71. The predicted octanol–water partition coefficient (Wildman–Crippen LogP) is 1.33. The molecule has 0 spiro atoms. The Labute approximate surface area is 104 Å². The second-order valence-corrected chi connectivity index (χ2v) is 5.71. The number of methoxy groups -OCH3 is 1. The largest absolute Gasteiger partial charge is 0.468 e. The topological polar surface area (TPSA) is 58.6 Å². The zero-order valence-electron chi connectivity index (χ0n) is 11.2. The van der Waals surface area contributed by atoms with Crippen LogP contribution in [-0.2, 0) is 9.53 Å². The molecule has 1 aliphatic rings. The third-order valence-electron chi connectivity index (χ3n) is 3.36. The van der Waals surface area contributed by atoms with Gasteiger partial charge in [0.15, 0.2) is 0 Å². The molecule has 2 N–H and O–H groups in total. The lowest BCUT2D eigenvalue weighted by atomic mass is 9.87. The number of aliphatic hydroxyl groups excluding tert-OH is 1. The van der Waals surface area contributed by atoms with Crippen molar-refractivity contribution in [1.29, 1.82) is 0 Å². The Morgan fingerprint density at radius 3 is 2.65 bits per heavy atom. The quantitative estimate of drug-likeness (QED) is 0.631. The van der Waals surface area contributed by atoms with Crippen molar-refractivity contribution in [1.82, 2.24) is 5.32 Å². The normalized spacial score (nSPS) is 17.9. The fourth-order valence-corrected chi connectivity index (χ4v) is 2.03. The van der Waals surface area contributed by atoms with Gasteiger partial charge in [0, 0.05) is 13.2 Å². The van der Waals surface area contributed by atoms with Gasteiger partial charge in [-0.15, -0.1) is 0 Å². The van der Waals surface area contributed by atoms with E-state index in [4.69, 9.17) is 9.84 Å². The summed E-state index contributed by atoms with van der Waals surface area (Å²) in [7, 11) is 1.44. The van der Waals surface area contributed by atoms with Gasteiger partial charge in [0.05, 0.1) is 7.11 Å². The highest BCUT2D eigenvalue weighted by Gasteiger charge is 2.37. The molecule has 1 saturated carbocycles. The minimum Gasteiger partial charge on any atom is -0.468 e. The van der Waals surface area contributed by atoms with Crippen LogP contribution >= 0.6 is 0 Å². The van der Waals surface area contributed by atoms with Crippen molar-refractivity contribution in [3.05, 3.63) is 0 Å². The number of carbonyl (C=O) groups is 1. The average Bonchev–Trinajstić information content (AvgIpc) is 3.10. The van der Waals surface area contributed by atoms with Crippen molar-refractivity contribution >= 4 is 5.97 Å². The van der Waals surface area contributed by atoms with Crippen LogP contribution in [0.15, 0.2) is 0 Å². The summed E-state index contributed by atoms with van der Waals surface area (Å²) in [6.07, 6.45) is 3.99. The Balaban J connectivity index is 2.37. The van der Waals surface area contributed by atoms with Crippen molar-refractivity contribution in [3.63, 3.8) is 0 Å². The van der Waals surface area contributed by atoms with Crippen molar-refractivity contribution < 1.29 is 14.6 Å². The van der Waals surface area contributed by atoms with Gasteiger partial charge in [0.25, 0.3) is 0 Å². The molecule has 100 valence electrons. The van der Waals surface area contributed by atoms with Gasteiger partial charge in [-0.1, -0.05) is 13.8 Å². The van der Waals surface area contributed by atoms with E-state index in [1.165, 1.54) is 7.11 Å². The first-order valence-corrected chi connectivity index (χ1v) is 6.42. The van der Waals surface area contributed by atoms with Gasteiger partial charge in [0.1, 0.15) is 6.04 Å². The van der Waals surface area contributed by atoms with E-state index in [9.17, 15) is 4.79 Å². The summed E-state index contributed by atoms with van der Waals surface area (Å²) in [5.41, 5.74) is 0.101. The monoisotopic (exact) mass is 243 g/mol. The summed E-state index contributed by atoms with van der Waals surface area (Å²) in [5.74, 6) is 0.307. The molecule has 4 heteroatoms. The number of carbonyl (C=O) groups excluding carboxylic acids is 1. The van der Waals surface area contributed by atoms with Crippen molar-refractivity contribution in [2.75, 3.05) is 20.3 Å². The second kappa shape index (κ2) is 6.36. The van der Waals surface area contributed by atoms with Crippen LogP contribution in [0.4, 0.5) is 0 Å². The lowest BCUT2D eigenvalue weighted by Gasteiger charge is -2.27. The van der Waals surface area contributed by atoms with E-state index in [2.05, 4.69) is 19.2 Å². The zero-order chi connectivity index (χ0) is 12.9. The molecule has 0 aliphatic heterocycles. The molecule has 1 unspecified atom stereocenters. The van der Waals surface area contributed by atoms with E-state index in [-0.39, 0.29) is 24.0 Å². The smallest absolute Gasteiger partial charge is 0.323 e. The summed E-state index contributed by atoms with van der Waals surface area (Å²) >= 11 is 0. The third-order valence-corrected chi connectivity index (χ3v) is 3.36. The molecule has 0 radical (unpaired) electrons. The van der Waals surface area contributed by atoms with Gasteiger partial charge in [-0.3, -0.25) is 4.79 Å². The summed E-state index contributed by atoms with van der Waals surface area (Å²) in [6.45, 7) is 5.31. The van der Waals surface area contributed by atoms with E-state index >= 15 is 0 Å². The summed E-state index contributed by atoms with van der Waals surface area (Å²) in [4.78, 5) is 11.6. The van der Waals surface area contributed by atoms with Crippen molar-refractivity contribution in [3.8, 4) is 0 Å². The Hall–Kier alpha value is -0.610. The maximum atomic E-state index is 11.6. The van der Waals surface area contributed by atoms with Gasteiger partial charge >= 0.3 is 5.97 Å². The zero-order valence-corrected chi connectivity index (χ0v) is 11.2. The Morgan fingerprint density at radius 2 is 2.18 bits per heavy atom. The maximum Gasteiger partial charge on any atom is 0.323 e. The van der Waals surface area contributed by atoms with Crippen molar-refractivity contribution in [2.24, 2.45) is 11.3 Å². The van der Waals surface area contributed by atoms with Crippen LogP contribution in [0, 0.1) is 11.3 Å². The first-order chi connectivity index (χ1) is 8.00. The van der Waals surface area contributed by atoms with E-state index in [0.717, 1.165) is 32.2 Å². The number of hydrogen-bond donors (Lipinski definition) is 2. The molecule has 1 rings (SSSR count). The number of esters is 1. The van der Waals surface area contributed by atoms with Gasteiger partial charge in [0.2, 0.25) is 0 Å². The highest BCUT2D eigenvalue weighted by molar-refractivity contribution is 5.76. The Bertz CT molecular complexity index is 249. The van der Waals surface area contributed by atoms with Gasteiger partial charge in [-0.25, -0.2) is 0 Å². The number of hydrogen-bond acceptors (Lipinski definition) is 4. The lowest BCUT2D eigenvalue weighted by Crippen LogP contribution is -2.44. The first kappa shape index (κ1) is 14.5. The van der Waals surface area contributed by atoms with E-state index in [0.29, 0.717) is 5.92 Å². The molecule has 17 heavy (non-hydrogen) atoms. The molecule has 0 aromatic carbocycles. The van der Waals surface area contributed by atoms with Crippen LogP contribution in [0.25, 0.3) is 0 Å². The van der Waals surface area contributed by atoms with E-state index in [1.807, 2.05) is 0 Å². The molecule has 4 nitrogen and oxygen atoms in total. The van der Waals surface area contributed by atoms with Gasteiger partial charge in [-0.05, 0) is 37.0 Å². The third kappa shape index (κ3) is 5.04. The first-order valence-electron chi connectivity index (χ1n) is 6.42. The Morgan fingerprint density at radius 1 is 1.53 bits per heavy atom. The van der Waals surface area contributed by atoms with Gasteiger partial charge in [-0.2, -0.15) is 0 Å². The van der Waals surface area contributed by atoms with E-state index < -0.39 is 0 Å². The average molecular weight is 243 g/mol. The summed E-state index contributed by atoms with van der Waals surface area (Å²) in [5, 5.41) is 12.2. The summed E-state index contributed by atoms with van der Waals surface area (Å²) in [6, 6.07) is -0.145. The van der Waals surface area contributed by atoms with Crippen LogP contribution in [0.2, 0.25) is 0 Å². The molecule has 0 aromatic rings. The molecule has 1 fully saturated rings. The minimum absolute atomic E-state index is 0.101. The molecule has 0 saturated heterocycles. The van der Waals surface area contributed by atoms with Crippen molar-refractivity contribution in [2.45, 2.75) is 45.6 Å². The van der Waals surface area contributed by atoms with Crippen LogP contribution < -0.4 is 5.32 Å². The number of rotatable bonds is 8. The van der Waals surface area contributed by atoms with Gasteiger partial charge < -0.3 is 15.2 Å². The van der Waals surface area contributed by atoms with Crippen LogP contribution in [0.3, 0.4) is 0 Å². The standard InChI is InChI=1S/C13H25NO3/c1-13(2,7-4-8-15)9-14-11(10-5-6-10)12(16)17-3/h10-11,14-15H,4-9H2,1-3H3. The lowest BCUT2D eigenvalue weighted by molar-refractivity contribution is -0.143. The molecule has 1 atom stereocenters. The molecule has 0 aromatic heterocycles. The van der Waals surface area contributed by atoms with Crippen LogP contribution in [-0.4, -0.2) is 37.4 Å². The summed E-state index contributed by atoms with van der Waals surface area (Å²) < 4.78 is 4.82. The number of ether oxygens (including phenoxy) is 1. The van der Waals surface area contributed by atoms with Crippen LogP contribution in [0.5, 0.6) is 0 Å². The Kier molecular flexibility index (Phi) is 5.40. The molecule has 0 amide bonds. The highest BCUT2D eigenvalue weighted by Crippen LogP contribution is 2.33. The highest BCUT2D eigenvalue weighted by atomic mass is 16.5. The van der Waals surface area contributed by atoms with E-state index in [1.54, 1.807) is 0 Å². The molecule has 0 heterocycles.